The van der Waals surface area contributed by atoms with Crippen molar-refractivity contribution in [3.8, 4) is 17.2 Å². The van der Waals surface area contributed by atoms with E-state index in [0.29, 0.717) is 28.5 Å². The van der Waals surface area contributed by atoms with Crippen molar-refractivity contribution >= 4 is 17.6 Å². The number of nitrogens with zero attached hydrogens (tertiary/aromatic N) is 4. The van der Waals surface area contributed by atoms with E-state index in [-0.39, 0.29) is 5.82 Å². The first-order valence-corrected chi connectivity index (χ1v) is 8.77. The number of carbonyl (C=O) groups excluding carboxylic acids is 1. The average molecular weight is 411 g/mol. The van der Waals surface area contributed by atoms with Crippen molar-refractivity contribution in [2.45, 2.75) is 0 Å². The number of rotatable bonds is 9. The summed E-state index contributed by atoms with van der Waals surface area (Å²) in [6, 6.07) is 18.3. The van der Waals surface area contributed by atoms with Crippen LogP contribution in [0.1, 0.15) is 10.4 Å². The molecule has 0 saturated carbocycles. The van der Waals surface area contributed by atoms with Gasteiger partial charge in [0.05, 0.1) is 6.42 Å². The van der Waals surface area contributed by atoms with Crippen LogP contribution < -0.4 is 26.3 Å². The Hall–Kier alpha value is -4.07. The van der Waals surface area contributed by atoms with Gasteiger partial charge in [0, 0.05) is 5.56 Å². The van der Waals surface area contributed by atoms with Crippen molar-refractivity contribution in [3.63, 3.8) is 0 Å². The van der Waals surface area contributed by atoms with Crippen LogP contribution in [0.5, 0.6) is 17.2 Å². The number of ether oxygens (including phenoxy) is 2. The van der Waals surface area contributed by atoms with Gasteiger partial charge in [-0.1, -0.05) is 12.1 Å². The fourth-order valence-electron chi connectivity index (χ4n) is 2.29. The summed E-state index contributed by atoms with van der Waals surface area (Å²) in [6.45, 7) is 4.28. The quantitative estimate of drug-likeness (QED) is 0.304. The minimum atomic E-state index is -1.16. The zero-order valence-electron chi connectivity index (χ0n) is 15.8. The molecule has 0 atom stereocenters. The predicted octanol–water partition coefficient (Wildman–Crippen LogP) is 3.73. The summed E-state index contributed by atoms with van der Waals surface area (Å²) >= 11 is 0. The molecule has 3 aromatic rings. The molecule has 0 bridgehead atoms. The summed E-state index contributed by atoms with van der Waals surface area (Å²) in [7, 11) is 0. The highest BCUT2D eigenvalue weighted by Gasteiger charge is 2.13. The molecule has 31 heavy (non-hydrogen) atoms. The fourth-order valence-corrected chi connectivity index (χ4v) is 2.29. The topological polar surface area (TPSA) is 107 Å². The van der Waals surface area contributed by atoms with Crippen LogP contribution in [0.4, 0.5) is 10.1 Å². The molecule has 3 rings (SSSR count). The van der Waals surface area contributed by atoms with Gasteiger partial charge in [0.1, 0.15) is 29.5 Å². The molecule has 0 heterocycles. The molecule has 0 spiro atoms. The number of guanidine groups is 1. The molecule has 149 valence electrons. The Kier molecular flexibility index (Phi) is 7.42. The highest BCUT2D eigenvalue weighted by molar-refractivity contribution is 5.97. The van der Waals surface area contributed by atoms with Crippen LogP contribution in [0.25, 0.3) is 0 Å². The fraction of sp³-hybridized carbons (Fsp3) is 0. The Morgan fingerprint density at radius 1 is 0.903 bits per heavy atom. The van der Waals surface area contributed by atoms with E-state index in [9.17, 15) is 9.18 Å². The third kappa shape index (κ3) is 6.74. The van der Waals surface area contributed by atoms with Crippen molar-refractivity contribution in [1.29, 1.82) is 0 Å². The van der Waals surface area contributed by atoms with Gasteiger partial charge in [-0.3, -0.25) is 4.79 Å². The van der Waals surface area contributed by atoms with Crippen LogP contribution in [0.2, 0.25) is 0 Å². The Balaban J connectivity index is 1.59. The number of para-hydroxylation sites is 2. The van der Waals surface area contributed by atoms with Gasteiger partial charge >= 0.3 is 0 Å². The average Bonchev–Trinajstić information content (AvgIpc) is 2.76. The molecule has 0 aromatic heterocycles. The second-order valence-corrected chi connectivity index (χ2v) is 5.82. The van der Waals surface area contributed by atoms with Gasteiger partial charge in [-0.25, -0.2) is 14.7 Å². The van der Waals surface area contributed by atoms with Crippen molar-refractivity contribution < 1.29 is 18.7 Å². The van der Waals surface area contributed by atoms with E-state index in [0.717, 1.165) is 0 Å². The van der Waals surface area contributed by atoms with E-state index in [1.54, 1.807) is 24.3 Å². The first kappa shape index (κ1) is 21.6. The maximum absolute atomic E-state index is 13.1. The van der Waals surface area contributed by atoms with Crippen molar-refractivity contribution in [2.75, 3.05) is 0 Å². The van der Waals surface area contributed by atoms with E-state index in [1.165, 1.54) is 48.5 Å². The monoisotopic (exact) mass is 411 g/mol. The number of benzene rings is 3. The lowest BCUT2D eigenvalue weighted by atomic mass is 10.2. The number of aliphatic imine (C=N–C) groups is 1. The van der Waals surface area contributed by atoms with Crippen LogP contribution in [-0.2, 0) is 0 Å². The second-order valence-electron chi connectivity index (χ2n) is 5.82. The zero-order chi connectivity index (χ0) is 22.1. The number of carbonyl (C=O) groups is 1. The van der Waals surface area contributed by atoms with E-state index in [1.807, 2.05) is 6.54 Å². The number of hydrogen-bond donors (Lipinski definition) is 0. The van der Waals surface area contributed by atoms with Gasteiger partial charge in [0.25, 0.3) is 11.9 Å². The molecular formula is C23H12FN4O3. The lowest BCUT2D eigenvalue weighted by molar-refractivity contribution is 0.0968. The molecular weight excluding hydrogens is 399 g/mol. The first-order valence-electron chi connectivity index (χ1n) is 8.77. The summed E-state index contributed by atoms with van der Waals surface area (Å²) in [4.78, 5) is 15.5. The van der Waals surface area contributed by atoms with Crippen molar-refractivity contribution in [1.82, 2.24) is 16.8 Å². The van der Waals surface area contributed by atoms with Crippen molar-refractivity contribution in [3.05, 3.63) is 104 Å². The van der Waals surface area contributed by atoms with Crippen LogP contribution in [0.15, 0.2) is 77.8 Å². The summed E-state index contributed by atoms with van der Waals surface area (Å²) in [6.07, 6.45) is 2.21. The summed E-state index contributed by atoms with van der Waals surface area (Å²) in [5, 5.41) is 4.10. The van der Waals surface area contributed by atoms with Gasteiger partial charge in [-0.15, -0.1) is 11.5 Å². The predicted molar refractivity (Wildman–Crippen MR) is 108 cm³/mol. The second kappa shape index (κ2) is 10.6. The molecule has 0 aliphatic heterocycles. The summed E-state index contributed by atoms with van der Waals surface area (Å²) in [5.74, 6) is -0.931. The SMILES string of the molecule is [N]C([N])=N[C][C][C]Oc1ccc(C(=O)[N]c2ccccc2Oc2ccc(F)cc2)cc1. The Morgan fingerprint density at radius 3 is 2.29 bits per heavy atom. The molecule has 7 nitrogen and oxygen atoms in total. The van der Waals surface area contributed by atoms with Gasteiger partial charge in [0.15, 0.2) is 5.75 Å². The highest BCUT2D eigenvalue weighted by Crippen LogP contribution is 2.30. The van der Waals surface area contributed by atoms with Gasteiger partial charge < -0.3 is 9.47 Å². The number of halogens is 1. The Labute approximate surface area is 179 Å². The van der Waals surface area contributed by atoms with E-state index in [2.05, 4.69) is 23.3 Å². The number of amides is 1. The third-order valence-corrected chi connectivity index (χ3v) is 3.66. The summed E-state index contributed by atoms with van der Waals surface area (Å²) in [5.41, 5.74) is 17.5. The van der Waals surface area contributed by atoms with E-state index < -0.39 is 11.9 Å². The van der Waals surface area contributed by atoms with Gasteiger partial charge in [-0.2, -0.15) is 0 Å². The van der Waals surface area contributed by atoms with Crippen LogP contribution in [0, 0.1) is 25.4 Å². The number of hydrogen-bond acceptors (Lipinski definition) is 4. The highest BCUT2D eigenvalue weighted by atomic mass is 19.1. The molecule has 8 heteroatoms. The van der Waals surface area contributed by atoms with Crippen LogP contribution >= 0.6 is 0 Å². The lowest BCUT2D eigenvalue weighted by Gasteiger charge is -2.10. The Bertz CT molecular complexity index is 1030. The lowest BCUT2D eigenvalue weighted by Crippen LogP contribution is -2.11. The molecule has 1 amide bonds. The maximum Gasteiger partial charge on any atom is 0.284 e. The normalized spacial score (nSPS) is 10.2. The molecule has 0 saturated heterocycles. The first-order chi connectivity index (χ1) is 15.0. The standard InChI is InChI=1S/C23H12FN4O3/c24-17-8-12-19(13-9-17)31-21-5-2-1-4-20(21)28-22(29)16-6-10-18(11-7-16)30-15-3-14-27-23(25)26/h1-2,4-13H. The van der Waals surface area contributed by atoms with Gasteiger partial charge in [0.2, 0.25) is 6.61 Å². The zero-order valence-corrected chi connectivity index (χ0v) is 15.8. The van der Waals surface area contributed by atoms with Crippen molar-refractivity contribution in [2.24, 2.45) is 4.99 Å². The Morgan fingerprint density at radius 2 is 1.58 bits per heavy atom. The third-order valence-electron chi connectivity index (χ3n) is 3.66. The summed E-state index contributed by atoms with van der Waals surface area (Å²) < 4.78 is 23.9. The maximum atomic E-state index is 13.1. The molecule has 0 aliphatic rings. The largest absolute Gasteiger partial charge is 0.478 e. The molecule has 3 aromatic carbocycles. The molecule has 0 aliphatic carbocycles. The minimum absolute atomic E-state index is 0.310. The minimum Gasteiger partial charge on any atom is -0.478 e. The molecule has 0 fully saturated rings. The van der Waals surface area contributed by atoms with E-state index >= 15 is 0 Å². The van der Waals surface area contributed by atoms with E-state index in [4.69, 9.17) is 20.9 Å². The van der Waals surface area contributed by atoms with Crippen LogP contribution in [0.3, 0.4) is 0 Å². The van der Waals surface area contributed by atoms with Gasteiger partial charge in [-0.05, 0) is 60.7 Å². The molecule has 11 radical (unpaired) electrons. The smallest absolute Gasteiger partial charge is 0.284 e. The molecule has 0 N–H and O–H groups in total. The van der Waals surface area contributed by atoms with Crippen LogP contribution in [-0.4, -0.2) is 11.9 Å². The molecule has 0 unspecified atom stereocenters.